The topological polar surface area (TPSA) is 41.1 Å². The van der Waals surface area contributed by atoms with E-state index in [0.717, 1.165) is 31.4 Å². The summed E-state index contributed by atoms with van der Waals surface area (Å²) < 4.78 is 38.4. The van der Waals surface area contributed by atoms with Crippen molar-refractivity contribution in [1.29, 1.82) is 0 Å². The van der Waals surface area contributed by atoms with E-state index in [-0.39, 0.29) is 11.9 Å². The third-order valence-corrected chi connectivity index (χ3v) is 5.25. The summed E-state index contributed by atoms with van der Waals surface area (Å²) in [5.74, 6) is 0.438. The molecule has 24 heavy (non-hydrogen) atoms. The molecule has 4 unspecified atom stereocenters. The zero-order valence-corrected chi connectivity index (χ0v) is 13.7. The smallest absolute Gasteiger partial charge is 0.348 e. The summed E-state index contributed by atoms with van der Waals surface area (Å²) in [6.07, 6.45) is 1.14. The number of hydrogen-bond acceptors (Lipinski definition) is 2. The lowest BCUT2D eigenvalue weighted by Crippen LogP contribution is -2.43. The second kappa shape index (κ2) is 6.75. The highest BCUT2D eigenvalue weighted by Crippen LogP contribution is 2.34. The van der Waals surface area contributed by atoms with Gasteiger partial charge in [-0.1, -0.05) is 25.0 Å². The van der Waals surface area contributed by atoms with Crippen LogP contribution >= 0.6 is 0 Å². The van der Waals surface area contributed by atoms with Crippen molar-refractivity contribution in [3.8, 4) is 0 Å². The molecule has 1 aromatic carbocycles. The van der Waals surface area contributed by atoms with E-state index in [4.69, 9.17) is 0 Å². The van der Waals surface area contributed by atoms with E-state index in [9.17, 15) is 18.0 Å². The number of hydrogen-bond donors (Lipinski definition) is 2. The molecule has 0 radical (unpaired) electrons. The molecule has 2 N–H and O–H groups in total. The van der Waals surface area contributed by atoms with E-state index in [1.807, 2.05) is 0 Å². The van der Waals surface area contributed by atoms with Gasteiger partial charge in [-0.05, 0) is 49.8 Å². The van der Waals surface area contributed by atoms with Crippen LogP contribution in [0.2, 0.25) is 0 Å². The fraction of sp³-hybridized carbons (Fsp3) is 0.611. The van der Waals surface area contributed by atoms with Crippen LogP contribution in [0.25, 0.3) is 0 Å². The number of rotatable bonds is 3. The summed E-state index contributed by atoms with van der Waals surface area (Å²) in [5, 5.41) is 6.25. The second-order valence-corrected chi connectivity index (χ2v) is 6.96. The van der Waals surface area contributed by atoms with Crippen molar-refractivity contribution in [3.63, 3.8) is 0 Å². The van der Waals surface area contributed by atoms with Crippen LogP contribution in [0.15, 0.2) is 24.3 Å². The number of carbonyl (C=O) groups excluding carboxylic acids is 1. The molecule has 1 aromatic rings. The third kappa shape index (κ3) is 3.74. The Kier molecular flexibility index (Phi) is 4.85. The molecule has 1 saturated heterocycles. The van der Waals surface area contributed by atoms with Gasteiger partial charge in [-0.3, -0.25) is 4.79 Å². The van der Waals surface area contributed by atoms with Gasteiger partial charge in [0.25, 0.3) is 0 Å². The molecule has 4 atom stereocenters. The maximum atomic E-state index is 12.8. The van der Waals surface area contributed by atoms with E-state index >= 15 is 0 Å². The van der Waals surface area contributed by atoms with Crippen LogP contribution in [0.3, 0.4) is 0 Å². The lowest BCUT2D eigenvalue weighted by atomic mass is 9.85. The van der Waals surface area contributed by atoms with E-state index in [0.29, 0.717) is 17.5 Å². The van der Waals surface area contributed by atoms with E-state index in [2.05, 4.69) is 10.6 Å². The molecule has 1 amide bonds. The molecule has 0 bridgehead atoms. The van der Waals surface area contributed by atoms with Gasteiger partial charge in [0.1, 0.15) is 0 Å². The average Bonchev–Trinajstić information content (AvgIpc) is 2.98. The zero-order chi connectivity index (χ0) is 17.3. The van der Waals surface area contributed by atoms with Crippen molar-refractivity contribution in [2.24, 2.45) is 5.92 Å². The molecular formula is C18H23F3N2O. The Balaban J connectivity index is 1.62. The Morgan fingerprint density at radius 2 is 2.04 bits per heavy atom. The van der Waals surface area contributed by atoms with Crippen LogP contribution in [-0.2, 0) is 11.0 Å². The quantitative estimate of drug-likeness (QED) is 0.879. The second-order valence-electron chi connectivity index (χ2n) is 6.96. The first-order valence-corrected chi connectivity index (χ1v) is 8.58. The fourth-order valence-corrected chi connectivity index (χ4v) is 3.90. The summed E-state index contributed by atoms with van der Waals surface area (Å²) in [4.78, 5) is 12.5. The highest BCUT2D eigenvalue weighted by molar-refractivity contribution is 5.82. The van der Waals surface area contributed by atoms with Gasteiger partial charge in [0.15, 0.2) is 0 Å². The molecule has 132 valence electrons. The van der Waals surface area contributed by atoms with Gasteiger partial charge in [0.2, 0.25) is 5.91 Å². The number of amides is 1. The third-order valence-electron chi connectivity index (χ3n) is 5.25. The monoisotopic (exact) mass is 340 g/mol. The van der Waals surface area contributed by atoms with Gasteiger partial charge in [-0.2, -0.15) is 13.2 Å². The van der Waals surface area contributed by atoms with Gasteiger partial charge in [-0.15, -0.1) is 0 Å². The number of alkyl halides is 3. The Morgan fingerprint density at radius 1 is 1.29 bits per heavy atom. The molecule has 1 heterocycles. The summed E-state index contributed by atoms with van der Waals surface area (Å²) in [7, 11) is 0. The van der Waals surface area contributed by atoms with Crippen molar-refractivity contribution in [3.05, 3.63) is 35.4 Å². The molecule has 2 aliphatic rings. The van der Waals surface area contributed by atoms with Crippen LogP contribution < -0.4 is 10.6 Å². The maximum absolute atomic E-state index is 12.8. The van der Waals surface area contributed by atoms with Gasteiger partial charge in [0.05, 0.1) is 17.6 Å². The largest absolute Gasteiger partial charge is 0.416 e. The summed E-state index contributed by atoms with van der Waals surface area (Å²) in [6.45, 7) is 1.72. The van der Waals surface area contributed by atoms with Gasteiger partial charge in [-0.25, -0.2) is 0 Å². The average molecular weight is 340 g/mol. The standard InChI is InChI=1S/C18H23F3N2O/c1-11(12-6-4-7-14(9-12)18(19,20)21)22-17(24)16-10-13-5-2-3-8-15(13)23-16/h4,6-7,9,11,13,15-16,23H,2-3,5,8,10H2,1H3,(H,22,24). The Hall–Kier alpha value is -1.56. The number of fused-ring (bicyclic) bond motifs is 1. The van der Waals surface area contributed by atoms with Crippen molar-refractivity contribution < 1.29 is 18.0 Å². The van der Waals surface area contributed by atoms with E-state index < -0.39 is 17.8 Å². The van der Waals surface area contributed by atoms with E-state index in [1.54, 1.807) is 13.0 Å². The molecule has 3 rings (SSSR count). The summed E-state index contributed by atoms with van der Waals surface area (Å²) >= 11 is 0. The number of carbonyl (C=O) groups is 1. The number of benzene rings is 1. The minimum absolute atomic E-state index is 0.116. The molecule has 1 aliphatic heterocycles. The van der Waals surface area contributed by atoms with Crippen LogP contribution in [0, 0.1) is 5.92 Å². The van der Waals surface area contributed by atoms with E-state index in [1.165, 1.54) is 18.9 Å². The van der Waals surface area contributed by atoms with Crippen molar-refractivity contribution >= 4 is 5.91 Å². The lowest BCUT2D eigenvalue weighted by molar-refractivity contribution is -0.137. The van der Waals surface area contributed by atoms with Crippen molar-refractivity contribution in [2.45, 2.75) is 63.3 Å². The zero-order valence-electron chi connectivity index (χ0n) is 13.7. The Morgan fingerprint density at radius 3 is 2.75 bits per heavy atom. The highest BCUT2D eigenvalue weighted by atomic mass is 19.4. The first-order chi connectivity index (χ1) is 11.3. The minimum atomic E-state index is -4.37. The van der Waals surface area contributed by atoms with Gasteiger partial charge < -0.3 is 10.6 Å². The number of halogens is 3. The molecule has 3 nitrogen and oxygen atoms in total. The lowest BCUT2D eigenvalue weighted by Gasteiger charge is -2.24. The van der Waals surface area contributed by atoms with Crippen LogP contribution in [0.5, 0.6) is 0 Å². The van der Waals surface area contributed by atoms with Gasteiger partial charge >= 0.3 is 6.18 Å². The Bertz CT molecular complexity index is 588. The predicted molar refractivity (Wildman–Crippen MR) is 85.3 cm³/mol. The summed E-state index contributed by atoms with van der Waals surface area (Å²) in [6, 6.07) is 4.87. The van der Waals surface area contributed by atoms with Crippen molar-refractivity contribution in [2.75, 3.05) is 0 Å². The minimum Gasteiger partial charge on any atom is -0.348 e. The van der Waals surface area contributed by atoms with Crippen molar-refractivity contribution in [1.82, 2.24) is 10.6 Å². The summed E-state index contributed by atoms with van der Waals surface area (Å²) in [5.41, 5.74) is -0.223. The first kappa shape index (κ1) is 17.3. The fourth-order valence-electron chi connectivity index (χ4n) is 3.90. The molecular weight excluding hydrogens is 317 g/mol. The molecule has 1 saturated carbocycles. The molecule has 0 aromatic heterocycles. The Labute approximate surface area is 140 Å². The molecule has 1 aliphatic carbocycles. The molecule has 0 spiro atoms. The van der Waals surface area contributed by atoms with Crippen LogP contribution in [0.4, 0.5) is 13.2 Å². The van der Waals surface area contributed by atoms with Crippen LogP contribution in [0.1, 0.15) is 56.2 Å². The highest BCUT2D eigenvalue weighted by Gasteiger charge is 2.38. The molecule has 2 fully saturated rings. The number of nitrogens with one attached hydrogen (secondary N) is 2. The maximum Gasteiger partial charge on any atom is 0.416 e. The van der Waals surface area contributed by atoms with Crippen LogP contribution in [-0.4, -0.2) is 18.0 Å². The van der Waals surface area contributed by atoms with Gasteiger partial charge in [0, 0.05) is 6.04 Å². The first-order valence-electron chi connectivity index (χ1n) is 8.58. The normalized spacial score (nSPS) is 28.2. The SMILES string of the molecule is CC(NC(=O)C1CC2CCCCC2N1)c1cccc(C(F)(F)F)c1. The predicted octanol–water partition coefficient (Wildman–Crippen LogP) is 3.80. The molecule has 6 heteroatoms.